The fourth-order valence-electron chi connectivity index (χ4n) is 10.2. The van der Waals surface area contributed by atoms with E-state index in [1.165, 1.54) is 0 Å². The summed E-state index contributed by atoms with van der Waals surface area (Å²) in [6.45, 7) is 0. The lowest BCUT2D eigenvalue weighted by atomic mass is 9.86. The maximum atomic E-state index is 5.93. The molecule has 0 aliphatic rings. The van der Waals surface area contributed by atoms with Crippen molar-refractivity contribution >= 4 is 101 Å². The zero-order chi connectivity index (χ0) is 53.9. The molecule has 0 aromatic heterocycles. The molecule has 10 rings (SSSR count). The van der Waals surface area contributed by atoms with Crippen LogP contribution >= 0.6 is 46.4 Å². The number of benzene rings is 10. The third-order valence-electron chi connectivity index (χ3n) is 13.3. The van der Waals surface area contributed by atoms with Gasteiger partial charge in [0.15, 0.2) is 46.0 Å². The molecule has 0 fully saturated rings. The van der Waals surface area contributed by atoms with Crippen LogP contribution in [0.1, 0.15) is 22.3 Å². The third-order valence-corrected chi connectivity index (χ3v) is 13.3. The Bertz CT molecular complexity index is 3460. The molecule has 0 atom stereocenters. The second-order valence-corrected chi connectivity index (χ2v) is 18.5. The second kappa shape index (κ2) is 25.4. The predicted octanol–water partition coefficient (Wildman–Crippen LogP) is 15.0. The Hall–Kier alpha value is -7.46. The van der Waals surface area contributed by atoms with Gasteiger partial charge in [-0.2, -0.15) is 0 Å². The molecule has 0 unspecified atom stereocenters. The number of halogens is 4. The Morgan fingerprint density at radius 3 is 0.632 bits per heavy atom. The molecule has 0 aliphatic carbocycles. The number of alkyl halides is 4. The number of hydrogen-bond donors (Lipinski definition) is 0. The Morgan fingerprint density at radius 2 is 0.447 bits per heavy atom. The summed E-state index contributed by atoms with van der Waals surface area (Å²) in [6, 6.07) is 59.4. The number of fused-ring (bicyclic) bond motifs is 4. The molecule has 0 heterocycles. The maximum absolute atomic E-state index is 5.93. The highest BCUT2D eigenvalue weighted by Crippen LogP contribution is 2.40. The van der Waals surface area contributed by atoms with Crippen LogP contribution in [-0.4, -0.2) is 67.6 Å². The summed E-state index contributed by atoms with van der Waals surface area (Å²) in [6.07, 6.45) is 0. The van der Waals surface area contributed by atoms with Gasteiger partial charge in [0, 0.05) is 0 Å². The van der Waals surface area contributed by atoms with Crippen molar-refractivity contribution in [2.24, 2.45) is 0 Å². The first-order chi connectivity index (χ1) is 37.2. The predicted molar refractivity (Wildman–Crippen MR) is 314 cm³/mol. The minimum absolute atomic E-state index is 0.194. The van der Waals surface area contributed by atoms with E-state index in [4.69, 9.17) is 84.3 Å². The highest BCUT2D eigenvalue weighted by molar-refractivity contribution is 6.41. The van der Waals surface area contributed by atoms with Crippen LogP contribution in [0.15, 0.2) is 170 Å². The highest BCUT2D eigenvalue weighted by atomic mass is 35.5. The molecule has 8 nitrogen and oxygen atoms in total. The van der Waals surface area contributed by atoms with Gasteiger partial charge in [-0.3, -0.25) is 0 Å². The van der Waals surface area contributed by atoms with Crippen molar-refractivity contribution in [3.05, 3.63) is 213 Å². The Kier molecular flexibility index (Phi) is 18.3. The first-order valence-electron chi connectivity index (χ1n) is 24.0. The molecule has 388 valence electrons. The van der Waals surface area contributed by atoms with Gasteiger partial charge in [-0.15, -0.1) is 46.4 Å². The Morgan fingerprint density at radius 1 is 0.263 bits per heavy atom. The highest BCUT2D eigenvalue weighted by Gasteiger charge is 2.21. The molecule has 10 aromatic rings. The summed E-state index contributed by atoms with van der Waals surface area (Å²) < 4.78 is 46.7. The quantitative estimate of drug-likeness (QED) is 0.0885. The van der Waals surface area contributed by atoms with Crippen LogP contribution in [0.5, 0.6) is 46.0 Å². The van der Waals surface area contributed by atoms with Crippen LogP contribution in [0.25, 0.3) is 54.2 Å². The SMILES string of the molecule is COc1ccc(C(c2ccc(OC)c(OC)c2)=c2c3ccccc3c(=c3c4ccccc4c(=C(c4ccc(OC)c(OC)c4)c4ccc(OC)c(OC)c4)c4ccccc34)c3ccccc23)cc1OC.ClCCl.ClCCl. The van der Waals surface area contributed by atoms with E-state index < -0.39 is 0 Å². The molecule has 0 bridgehead atoms. The average molecular weight is 1090 g/mol. The van der Waals surface area contributed by atoms with Gasteiger partial charge in [-0.1, -0.05) is 121 Å². The zero-order valence-corrected chi connectivity index (χ0v) is 46.4. The standard InChI is InChI=1S/C62H52O8.2CH2Cl2/c1-63-49-29-25-37(33-53(49)67-5)57(38-26-30-50(64-2)54(34-38)68-6)59-41-17-9-13-21-45(41)61(46-22-14-10-18-42(46)59)62-47-23-15-11-19-43(47)60(44-20-12-16-24-48(44)62)58(39-27-31-51(65-3)55(35-39)69-7)40-28-32-52(66-4)56(36-40)70-8;2*2-1-3/h9-36H,1-8H3;2*1H2. The summed E-state index contributed by atoms with van der Waals surface area (Å²) in [7, 11) is 13.3. The van der Waals surface area contributed by atoms with Crippen molar-refractivity contribution < 1.29 is 37.9 Å². The van der Waals surface area contributed by atoms with E-state index >= 15 is 0 Å². The molecule has 0 saturated heterocycles. The van der Waals surface area contributed by atoms with Gasteiger partial charge in [0.2, 0.25) is 0 Å². The van der Waals surface area contributed by atoms with E-state index in [1.54, 1.807) is 56.9 Å². The fraction of sp³-hybridized carbons (Fsp3) is 0.156. The van der Waals surface area contributed by atoms with Gasteiger partial charge in [0.25, 0.3) is 0 Å². The van der Waals surface area contributed by atoms with Gasteiger partial charge in [0.1, 0.15) is 0 Å². The van der Waals surface area contributed by atoms with Gasteiger partial charge < -0.3 is 37.9 Å². The molecular weight excluding hydrogens is 1040 g/mol. The molecule has 0 N–H and O–H groups in total. The van der Waals surface area contributed by atoms with E-state index in [9.17, 15) is 0 Å². The molecule has 0 radical (unpaired) electrons. The van der Waals surface area contributed by atoms with Gasteiger partial charge >= 0.3 is 0 Å². The molecule has 0 aliphatic heterocycles. The van der Waals surface area contributed by atoms with Crippen molar-refractivity contribution in [2.45, 2.75) is 0 Å². The number of ether oxygens (including phenoxy) is 8. The van der Waals surface area contributed by atoms with Gasteiger partial charge in [-0.25, -0.2) is 0 Å². The number of rotatable bonds is 12. The van der Waals surface area contributed by atoms with E-state index in [-0.39, 0.29) is 10.7 Å². The normalized spacial score (nSPS) is 10.7. The topological polar surface area (TPSA) is 73.8 Å². The largest absolute Gasteiger partial charge is 0.493 e. The molecule has 76 heavy (non-hydrogen) atoms. The van der Waals surface area contributed by atoms with E-state index in [0.29, 0.717) is 46.0 Å². The summed E-state index contributed by atoms with van der Waals surface area (Å²) in [4.78, 5) is 0. The van der Waals surface area contributed by atoms with Crippen LogP contribution in [-0.2, 0) is 0 Å². The maximum Gasteiger partial charge on any atom is 0.161 e. The summed E-state index contributed by atoms with van der Waals surface area (Å²) in [5.41, 5.74) is 5.77. The molecule has 0 spiro atoms. The zero-order valence-electron chi connectivity index (χ0n) is 43.4. The van der Waals surface area contributed by atoms with Gasteiger partial charge in [-0.05, 0) is 146 Å². The lowest BCUT2D eigenvalue weighted by molar-refractivity contribution is 0.354. The number of methoxy groups -OCH3 is 8. The van der Waals surface area contributed by atoms with Crippen LogP contribution < -0.4 is 48.3 Å². The van der Waals surface area contributed by atoms with Crippen LogP contribution in [0.2, 0.25) is 0 Å². The van der Waals surface area contributed by atoms with Crippen LogP contribution in [0.4, 0.5) is 0 Å². The van der Waals surface area contributed by atoms with Crippen molar-refractivity contribution in [1.82, 2.24) is 0 Å². The fourth-order valence-corrected chi connectivity index (χ4v) is 10.2. The number of hydrogen-bond acceptors (Lipinski definition) is 8. The smallest absolute Gasteiger partial charge is 0.161 e. The average Bonchev–Trinajstić information content (AvgIpc) is 3.54. The second-order valence-electron chi connectivity index (χ2n) is 16.9. The summed E-state index contributed by atoms with van der Waals surface area (Å²) >= 11 is 19.1. The summed E-state index contributed by atoms with van der Waals surface area (Å²) in [5, 5.41) is 13.5. The first kappa shape index (κ1) is 54.8. The first-order valence-corrected chi connectivity index (χ1v) is 26.1. The monoisotopic (exact) mass is 1090 g/mol. The minimum Gasteiger partial charge on any atom is -0.493 e. The van der Waals surface area contributed by atoms with Crippen LogP contribution in [0.3, 0.4) is 0 Å². The molecule has 12 heteroatoms. The lowest BCUT2D eigenvalue weighted by Crippen LogP contribution is -2.14. The van der Waals surface area contributed by atoms with E-state index in [0.717, 1.165) is 97.4 Å². The van der Waals surface area contributed by atoms with Gasteiger partial charge in [0.05, 0.1) is 67.6 Å². The molecular formula is C64H56Cl4O8. The van der Waals surface area contributed by atoms with E-state index in [2.05, 4.69) is 121 Å². The molecule has 0 amide bonds. The Labute approximate surface area is 462 Å². The van der Waals surface area contributed by atoms with Crippen LogP contribution in [0, 0.1) is 10.4 Å². The Balaban J connectivity index is 0.00000122. The van der Waals surface area contributed by atoms with E-state index in [1.807, 2.05) is 48.5 Å². The van der Waals surface area contributed by atoms with Crippen molar-refractivity contribution in [1.29, 1.82) is 0 Å². The molecule has 0 saturated carbocycles. The van der Waals surface area contributed by atoms with Crippen molar-refractivity contribution in [3.8, 4) is 46.0 Å². The molecule has 10 aromatic carbocycles. The van der Waals surface area contributed by atoms with Crippen molar-refractivity contribution in [2.75, 3.05) is 67.6 Å². The summed E-state index contributed by atoms with van der Waals surface area (Å²) in [5.74, 6) is 5.06. The lowest BCUT2D eigenvalue weighted by Gasteiger charge is -2.19. The van der Waals surface area contributed by atoms with Crippen molar-refractivity contribution in [3.63, 3.8) is 0 Å². The minimum atomic E-state index is 0.194. The third kappa shape index (κ3) is 10.6.